The molecule has 2 heteroatoms. The van der Waals surface area contributed by atoms with Crippen LogP contribution in [0.25, 0.3) is 0 Å². The van der Waals surface area contributed by atoms with Crippen molar-refractivity contribution in [2.75, 3.05) is 5.75 Å². The highest BCUT2D eigenvalue weighted by molar-refractivity contribution is 8.13. The van der Waals surface area contributed by atoms with Gasteiger partial charge < -0.3 is 0 Å². The van der Waals surface area contributed by atoms with Crippen LogP contribution in [0.15, 0.2) is 12.1 Å². The van der Waals surface area contributed by atoms with Crippen molar-refractivity contribution in [3.05, 3.63) is 34.4 Å². The van der Waals surface area contributed by atoms with E-state index in [-0.39, 0.29) is 15.9 Å². The lowest BCUT2D eigenvalue weighted by Crippen LogP contribution is -2.34. The fourth-order valence-corrected chi connectivity index (χ4v) is 3.75. The summed E-state index contributed by atoms with van der Waals surface area (Å²) in [6, 6.07) is 4.67. The molecule has 0 spiro atoms. The minimum atomic E-state index is 0.167. The van der Waals surface area contributed by atoms with E-state index in [2.05, 4.69) is 58.6 Å². The zero-order valence-electron chi connectivity index (χ0n) is 15.3. The maximum atomic E-state index is 10.9. The fraction of sp³-hybridized carbons (Fsp3) is 0.571. The predicted octanol–water partition coefficient (Wildman–Crippen LogP) is 5.37. The van der Waals surface area contributed by atoms with Crippen molar-refractivity contribution in [1.82, 2.24) is 0 Å². The Morgan fingerprint density at radius 2 is 1.70 bits per heavy atom. The zero-order chi connectivity index (χ0) is 17.3. The van der Waals surface area contributed by atoms with Crippen LogP contribution in [-0.4, -0.2) is 10.9 Å². The Bertz CT molecular complexity index is 671. The van der Waals surface area contributed by atoms with Crippen LogP contribution in [0.3, 0.4) is 0 Å². The minimum absolute atomic E-state index is 0.167. The van der Waals surface area contributed by atoms with Crippen molar-refractivity contribution < 1.29 is 4.79 Å². The smallest absolute Gasteiger partial charge is 0.185 e. The number of carbonyl (C=O) groups is 1. The number of fused-ring (bicyclic) bond motifs is 1. The van der Waals surface area contributed by atoms with E-state index in [0.29, 0.717) is 0 Å². The summed E-state index contributed by atoms with van der Waals surface area (Å²) in [4.78, 5) is 10.9. The Morgan fingerprint density at radius 1 is 1.13 bits per heavy atom. The molecule has 1 nitrogen and oxygen atoms in total. The first-order chi connectivity index (χ1) is 10.6. The van der Waals surface area contributed by atoms with Gasteiger partial charge in [0.05, 0.1) is 0 Å². The van der Waals surface area contributed by atoms with Crippen molar-refractivity contribution in [3.8, 4) is 11.8 Å². The molecule has 0 N–H and O–H groups in total. The Kier molecular flexibility index (Phi) is 5.31. The molecule has 0 heterocycles. The van der Waals surface area contributed by atoms with E-state index < -0.39 is 0 Å². The highest BCUT2D eigenvalue weighted by Crippen LogP contribution is 2.46. The molecule has 0 saturated heterocycles. The molecule has 0 atom stereocenters. The maximum absolute atomic E-state index is 10.9. The second kappa shape index (κ2) is 6.73. The van der Waals surface area contributed by atoms with Crippen LogP contribution in [0.1, 0.15) is 76.1 Å². The van der Waals surface area contributed by atoms with Gasteiger partial charge in [0.1, 0.15) is 0 Å². The van der Waals surface area contributed by atoms with Crippen molar-refractivity contribution in [3.63, 3.8) is 0 Å². The number of carbonyl (C=O) groups excluding carboxylic acids is 1. The molecule has 0 fully saturated rings. The van der Waals surface area contributed by atoms with Crippen LogP contribution in [0.2, 0.25) is 0 Å². The van der Waals surface area contributed by atoms with Crippen molar-refractivity contribution in [1.29, 1.82) is 0 Å². The normalized spacial score (nSPS) is 17.8. The van der Waals surface area contributed by atoms with Gasteiger partial charge in [0.25, 0.3) is 0 Å². The van der Waals surface area contributed by atoms with Gasteiger partial charge >= 0.3 is 0 Å². The van der Waals surface area contributed by atoms with E-state index in [9.17, 15) is 4.79 Å². The Balaban J connectivity index is 2.31. The second-order valence-electron chi connectivity index (χ2n) is 7.87. The quantitative estimate of drug-likeness (QED) is 0.536. The molecule has 2 rings (SSSR count). The van der Waals surface area contributed by atoms with Gasteiger partial charge in [-0.1, -0.05) is 57.4 Å². The minimum Gasteiger partial charge on any atom is -0.288 e. The van der Waals surface area contributed by atoms with Gasteiger partial charge in [-0.15, -0.1) is 0 Å². The van der Waals surface area contributed by atoms with Crippen molar-refractivity contribution in [2.24, 2.45) is 0 Å². The SMILES string of the molecule is CC(=O)SCCC#Cc1cc2c(cc1C)C(C)(C)CCC2(C)C. The largest absolute Gasteiger partial charge is 0.288 e. The molecule has 0 aromatic heterocycles. The zero-order valence-corrected chi connectivity index (χ0v) is 16.1. The monoisotopic (exact) mass is 328 g/mol. The van der Waals surface area contributed by atoms with Crippen molar-refractivity contribution in [2.45, 2.75) is 71.6 Å². The summed E-state index contributed by atoms with van der Waals surface area (Å²) in [6.07, 6.45) is 3.22. The fourth-order valence-electron chi connectivity index (χ4n) is 3.26. The molecule has 0 radical (unpaired) electrons. The van der Waals surface area contributed by atoms with Gasteiger partial charge in [0.2, 0.25) is 0 Å². The molecule has 0 unspecified atom stereocenters. The second-order valence-corrected chi connectivity index (χ2v) is 9.14. The topological polar surface area (TPSA) is 17.1 Å². The summed E-state index contributed by atoms with van der Waals surface area (Å²) in [5.74, 6) is 7.34. The summed E-state index contributed by atoms with van der Waals surface area (Å²) in [7, 11) is 0. The Hall–Kier alpha value is -1.20. The Morgan fingerprint density at radius 3 is 2.26 bits per heavy atom. The number of rotatable bonds is 2. The standard InChI is InChI=1S/C21H28OS/c1-15-13-18-19(21(5,6)11-10-20(18,3)4)14-17(15)9-7-8-12-23-16(2)22/h13-14H,8,10-12H2,1-6H3. The number of hydrogen-bond acceptors (Lipinski definition) is 2. The molecule has 1 aliphatic carbocycles. The van der Waals surface area contributed by atoms with E-state index in [0.717, 1.165) is 17.7 Å². The predicted molar refractivity (Wildman–Crippen MR) is 101 cm³/mol. The summed E-state index contributed by atoms with van der Waals surface area (Å²) >= 11 is 1.35. The summed E-state index contributed by atoms with van der Waals surface area (Å²) in [5, 5.41) is 0.167. The molecule has 124 valence electrons. The van der Waals surface area contributed by atoms with Gasteiger partial charge in [0.15, 0.2) is 5.12 Å². The van der Waals surface area contributed by atoms with E-state index in [1.807, 2.05) is 0 Å². The van der Waals surface area contributed by atoms with E-state index in [1.165, 1.54) is 41.3 Å². The van der Waals surface area contributed by atoms with E-state index in [4.69, 9.17) is 0 Å². The molecular weight excluding hydrogens is 300 g/mol. The van der Waals surface area contributed by atoms with E-state index >= 15 is 0 Å². The van der Waals surface area contributed by atoms with Gasteiger partial charge in [-0.25, -0.2) is 0 Å². The van der Waals surface area contributed by atoms with Crippen molar-refractivity contribution >= 4 is 16.9 Å². The summed E-state index contributed by atoms with van der Waals surface area (Å²) < 4.78 is 0. The number of thioether (sulfide) groups is 1. The van der Waals surface area contributed by atoms with E-state index in [1.54, 1.807) is 6.92 Å². The molecule has 0 bridgehead atoms. The molecule has 1 aromatic carbocycles. The molecule has 1 aliphatic rings. The first-order valence-corrected chi connectivity index (χ1v) is 9.40. The van der Waals surface area contributed by atoms with Crippen LogP contribution < -0.4 is 0 Å². The molecule has 0 aliphatic heterocycles. The maximum Gasteiger partial charge on any atom is 0.185 e. The number of aryl methyl sites for hydroxylation is 1. The van der Waals surface area contributed by atoms with Gasteiger partial charge in [0, 0.05) is 24.7 Å². The molecule has 23 heavy (non-hydrogen) atoms. The van der Waals surface area contributed by atoms with Crippen LogP contribution in [0.4, 0.5) is 0 Å². The van der Waals surface area contributed by atoms with Crippen LogP contribution in [-0.2, 0) is 15.6 Å². The summed E-state index contributed by atoms with van der Waals surface area (Å²) in [5.41, 5.74) is 5.83. The summed E-state index contributed by atoms with van der Waals surface area (Å²) in [6.45, 7) is 13.2. The van der Waals surface area contributed by atoms with Gasteiger partial charge in [-0.2, -0.15) is 0 Å². The molecule has 0 saturated carbocycles. The average molecular weight is 329 g/mol. The van der Waals surface area contributed by atoms with Crippen LogP contribution >= 0.6 is 11.8 Å². The first kappa shape index (κ1) is 18.1. The lowest BCUT2D eigenvalue weighted by molar-refractivity contribution is -0.109. The lowest BCUT2D eigenvalue weighted by Gasteiger charge is -2.42. The van der Waals surface area contributed by atoms with Crippen LogP contribution in [0, 0.1) is 18.8 Å². The third-order valence-electron chi connectivity index (χ3n) is 4.95. The van der Waals surface area contributed by atoms with Crippen LogP contribution in [0.5, 0.6) is 0 Å². The highest BCUT2D eigenvalue weighted by Gasteiger charge is 2.37. The lowest BCUT2D eigenvalue weighted by atomic mass is 9.62. The first-order valence-electron chi connectivity index (χ1n) is 8.41. The Labute approximate surface area is 145 Å². The number of benzene rings is 1. The third kappa shape index (κ3) is 4.21. The van der Waals surface area contributed by atoms with Gasteiger partial charge in [-0.05, 0) is 53.4 Å². The number of hydrogen-bond donors (Lipinski definition) is 0. The molecular formula is C21H28OS. The third-order valence-corrected chi connectivity index (χ3v) is 5.77. The average Bonchev–Trinajstić information content (AvgIpc) is 2.44. The van der Waals surface area contributed by atoms with Gasteiger partial charge in [-0.3, -0.25) is 4.79 Å². The molecule has 1 aromatic rings. The highest BCUT2D eigenvalue weighted by atomic mass is 32.2. The molecule has 0 amide bonds.